The van der Waals surface area contributed by atoms with Crippen LogP contribution >= 0.6 is 0 Å². The molecule has 8 nitrogen and oxygen atoms in total. The maximum absolute atomic E-state index is 12.3. The second-order valence-electron chi connectivity index (χ2n) is 6.88. The van der Waals surface area contributed by atoms with Crippen LogP contribution in [0, 0.1) is 0 Å². The second-order valence-corrected chi connectivity index (χ2v) is 6.88. The van der Waals surface area contributed by atoms with E-state index in [-0.39, 0.29) is 12.0 Å². The van der Waals surface area contributed by atoms with E-state index < -0.39 is 0 Å². The average molecular weight is 399 g/mol. The Morgan fingerprint density at radius 3 is 2.43 bits per heavy atom. The molecule has 1 saturated heterocycles. The molecule has 8 heteroatoms. The molecule has 0 bridgehead atoms. The lowest BCUT2D eigenvalue weighted by Gasteiger charge is -2.38. The Morgan fingerprint density at radius 1 is 0.967 bits per heavy atom. The number of hydrogen-bond acceptors (Lipinski definition) is 7. The van der Waals surface area contributed by atoms with Crippen LogP contribution in [0.2, 0.25) is 0 Å². The van der Waals surface area contributed by atoms with Gasteiger partial charge in [0, 0.05) is 30.4 Å². The van der Waals surface area contributed by atoms with Crippen LogP contribution in [0.25, 0.3) is 22.8 Å². The Balaban J connectivity index is 1.19. The van der Waals surface area contributed by atoms with E-state index in [0.29, 0.717) is 30.4 Å². The summed E-state index contributed by atoms with van der Waals surface area (Å²) in [5, 5.41) is 4.03. The molecule has 4 aromatic rings. The van der Waals surface area contributed by atoms with Crippen LogP contribution in [0.4, 0.5) is 0 Å². The number of pyridine rings is 2. The van der Waals surface area contributed by atoms with E-state index in [4.69, 9.17) is 9.26 Å². The van der Waals surface area contributed by atoms with E-state index in [2.05, 4.69) is 20.1 Å². The van der Waals surface area contributed by atoms with E-state index in [0.717, 1.165) is 16.9 Å². The summed E-state index contributed by atoms with van der Waals surface area (Å²) in [6, 6.07) is 14.7. The molecule has 30 heavy (non-hydrogen) atoms. The number of nitrogens with zero attached hydrogens (tertiary/aromatic N) is 5. The van der Waals surface area contributed by atoms with E-state index in [9.17, 15) is 4.79 Å². The fourth-order valence-electron chi connectivity index (χ4n) is 3.17. The smallest absolute Gasteiger partial charge is 0.259 e. The van der Waals surface area contributed by atoms with Crippen LogP contribution in [-0.4, -0.2) is 50.1 Å². The highest BCUT2D eigenvalue weighted by Gasteiger charge is 2.32. The fraction of sp³-hybridized carbons (Fsp3) is 0.136. The SMILES string of the molecule is O=C(c1cccnc1)N1CC(Oc2ccc(-c3noc(-c4cccnc4)n3)cc2)C1. The molecule has 0 aliphatic carbocycles. The molecule has 1 amide bonds. The highest BCUT2D eigenvalue weighted by Crippen LogP contribution is 2.25. The van der Waals surface area contributed by atoms with Gasteiger partial charge < -0.3 is 14.2 Å². The summed E-state index contributed by atoms with van der Waals surface area (Å²) in [7, 11) is 0. The standard InChI is InChI=1S/C22H17N5O3/c28-22(17-4-2-10-24-12-17)27-13-19(14-27)29-18-7-5-15(6-8-18)20-25-21(30-26-20)16-3-1-9-23-11-16/h1-12,19H,13-14H2. The summed E-state index contributed by atoms with van der Waals surface area (Å²) in [5.41, 5.74) is 2.18. The van der Waals surface area contributed by atoms with Crippen LogP contribution in [-0.2, 0) is 0 Å². The molecule has 0 atom stereocenters. The van der Waals surface area contributed by atoms with E-state index in [1.165, 1.54) is 0 Å². The molecule has 0 spiro atoms. The number of aromatic nitrogens is 4. The van der Waals surface area contributed by atoms with Crippen LogP contribution in [0.3, 0.4) is 0 Å². The van der Waals surface area contributed by atoms with Gasteiger partial charge in [0.25, 0.3) is 11.8 Å². The van der Waals surface area contributed by atoms with Gasteiger partial charge in [0.1, 0.15) is 11.9 Å². The topological polar surface area (TPSA) is 94.2 Å². The highest BCUT2D eigenvalue weighted by molar-refractivity contribution is 5.94. The lowest BCUT2D eigenvalue weighted by atomic mass is 10.1. The Kier molecular flexibility index (Phi) is 4.65. The lowest BCUT2D eigenvalue weighted by molar-refractivity contribution is 0.0177. The van der Waals surface area contributed by atoms with Crippen molar-refractivity contribution in [2.45, 2.75) is 6.10 Å². The maximum atomic E-state index is 12.3. The Bertz CT molecular complexity index is 1140. The molecule has 0 N–H and O–H groups in total. The van der Waals surface area contributed by atoms with Crippen LogP contribution in [0.5, 0.6) is 5.75 Å². The minimum Gasteiger partial charge on any atom is -0.487 e. The molecule has 5 rings (SSSR count). The third-order valence-electron chi connectivity index (χ3n) is 4.79. The van der Waals surface area contributed by atoms with Crippen LogP contribution < -0.4 is 4.74 Å². The van der Waals surface area contributed by atoms with Crippen molar-refractivity contribution in [3.63, 3.8) is 0 Å². The first kappa shape index (κ1) is 18.0. The molecular weight excluding hydrogens is 382 g/mol. The predicted molar refractivity (Wildman–Crippen MR) is 108 cm³/mol. The first-order valence-electron chi connectivity index (χ1n) is 9.47. The van der Waals surface area contributed by atoms with Crippen LogP contribution in [0.15, 0.2) is 77.8 Å². The van der Waals surface area contributed by atoms with Gasteiger partial charge in [-0.2, -0.15) is 4.98 Å². The Morgan fingerprint density at radius 2 is 1.73 bits per heavy atom. The third kappa shape index (κ3) is 3.62. The molecule has 1 aliphatic heterocycles. The van der Waals surface area contributed by atoms with Crippen molar-refractivity contribution < 1.29 is 14.1 Å². The molecule has 1 fully saturated rings. The number of carbonyl (C=O) groups is 1. The van der Waals surface area contributed by atoms with Crippen molar-refractivity contribution in [1.29, 1.82) is 0 Å². The predicted octanol–water partition coefficient (Wildman–Crippen LogP) is 3.10. The van der Waals surface area contributed by atoms with E-state index in [1.54, 1.807) is 41.8 Å². The minimum atomic E-state index is -0.0289. The zero-order chi connectivity index (χ0) is 20.3. The van der Waals surface area contributed by atoms with Crippen molar-refractivity contribution in [3.8, 4) is 28.6 Å². The molecule has 0 radical (unpaired) electrons. The largest absolute Gasteiger partial charge is 0.487 e. The summed E-state index contributed by atoms with van der Waals surface area (Å²) < 4.78 is 11.3. The molecule has 0 unspecified atom stereocenters. The maximum Gasteiger partial charge on any atom is 0.259 e. The molecule has 4 heterocycles. The Labute approximate surface area is 172 Å². The molecule has 148 valence electrons. The lowest BCUT2D eigenvalue weighted by Crippen LogP contribution is -2.56. The monoisotopic (exact) mass is 399 g/mol. The number of likely N-dealkylation sites (tertiary alicyclic amines) is 1. The quantitative estimate of drug-likeness (QED) is 0.509. The summed E-state index contributed by atoms with van der Waals surface area (Å²) in [4.78, 5) is 26.5. The van der Waals surface area contributed by atoms with Crippen molar-refractivity contribution >= 4 is 5.91 Å². The van der Waals surface area contributed by atoms with Gasteiger partial charge in [-0.1, -0.05) is 5.16 Å². The summed E-state index contributed by atoms with van der Waals surface area (Å²) in [6.45, 7) is 1.10. The van der Waals surface area contributed by atoms with Gasteiger partial charge in [0.2, 0.25) is 5.82 Å². The van der Waals surface area contributed by atoms with Gasteiger partial charge in [-0.3, -0.25) is 14.8 Å². The van der Waals surface area contributed by atoms with E-state index in [1.807, 2.05) is 36.4 Å². The van der Waals surface area contributed by atoms with Crippen molar-refractivity contribution in [2.75, 3.05) is 13.1 Å². The zero-order valence-corrected chi connectivity index (χ0v) is 15.9. The summed E-state index contributed by atoms with van der Waals surface area (Å²) in [5.74, 6) is 1.62. The molecule has 1 aliphatic rings. The number of rotatable bonds is 5. The van der Waals surface area contributed by atoms with Crippen molar-refractivity contribution in [2.24, 2.45) is 0 Å². The molecule has 0 saturated carbocycles. The third-order valence-corrected chi connectivity index (χ3v) is 4.79. The fourth-order valence-corrected chi connectivity index (χ4v) is 3.17. The molecule has 3 aromatic heterocycles. The van der Waals surface area contributed by atoms with Gasteiger partial charge in [-0.15, -0.1) is 0 Å². The normalized spacial score (nSPS) is 13.7. The first-order chi connectivity index (χ1) is 14.8. The number of hydrogen-bond donors (Lipinski definition) is 0. The molecule has 1 aromatic carbocycles. The van der Waals surface area contributed by atoms with E-state index >= 15 is 0 Å². The number of amides is 1. The van der Waals surface area contributed by atoms with Gasteiger partial charge in [0.15, 0.2) is 0 Å². The van der Waals surface area contributed by atoms with Crippen molar-refractivity contribution in [3.05, 3.63) is 78.9 Å². The van der Waals surface area contributed by atoms with Gasteiger partial charge in [0.05, 0.1) is 24.2 Å². The summed E-state index contributed by atoms with van der Waals surface area (Å²) >= 11 is 0. The summed E-state index contributed by atoms with van der Waals surface area (Å²) in [6.07, 6.45) is 6.56. The number of carbonyl (C=O) groups excluding carboxylic acids is 1. The van der Waals surface area contributed by atoms with Crippen molar-refractivity contribution in [1.82, 2.24) is 25.0 Å². The van der Waals surface area contributed by atoms with Gasteiger partial charge in [-0.05, 0) is 48.5 Å². The Hall–Kier alpha value is -4.07. The zero-order valence-electron chi connectivity index (χ0n) is 15.9. The van der Waals surface area contributed by atoms with Crippen LogP contribution in [0.1, 0.15) is 10.4 Å². The molecular formula is C22H17N5O3. The first-order valence-corrected chi connectivity index (χ1v) is 9.47. The van der Waals surface area contributed by atoms with Gasteiger partial charge in [-0.25, -0.2) is 0 Å². The number of benzene rings is 1. The van der Waals surface area contributed by atoms with Gasteiger partial charge >= 0.3 is 0 Å². The average Bonchev–Trinajstić information content (AvgIpc) is 3.27. The minimum absolute atomic E-state index is 0.0279. The second kappa shape index (κ2) is 7.75. The number of ether oxygens (including phenoxy) is 1. The highest BCUT2D eigenvalue weighted by atomic mass is 16.5.